The SMILES string of the molecule is NC1CCC(Cn2cnc3ncc(-c4ccc(O)cc4)nc32)CC1. The van der Waals surface area contributed by atoms with Gasteiger partial charge in [-0.15, -0.1) is 0 Å². The summed E-state index contributed by atoms with van der Waals surface area (Å²) in [5.74, 6) is 0.870. The van der Waals surface area contributed by atoms with Gasteiger partial charge in [-0.25, -0.2) is 15.0 Å². The molecule has 3 aromatic rings. The summed E-state index contributed by atoms with van der Waals surface area (Å²) in [4.78, 5) is 13.5. The van der Waals surface area contributed by atoms with Gasteiger partial charge in [0.05, 0.1) is 18.2 Å². The zero-order chi connectivity index (χ0) is 16.5. The molecule has 0 saturated heterocycles. The molecule has 1 aliphatic carbocycles. The Balaban J connectivity index is 1.62. The summed E-state index contributed by atoms with van der Waals surface area (Å²) in [6.45, 7) is 0.914. The molecular weight excluding hydrogens is 302 g/mol. The second-order valence-corrected chi connectivity index (χ2v) is 6.63. The van der Waals surface area contributed by atoms with Crippen molar-refractivity contribution in [1.82, 2.24) is 19.5 Å². The predicted octanol–water partition coefficient (Wildman–Crippen LogP) is 2.72. The molecule has 1 saturated carbocycles. The van der Waals surface area contributed by atoms with Gasteiger partial charge >= 0.3 is 0 Å². The molecule has 6 heteroatoms. The Morgan fingerprint density at radius 2 is 1.83 bits per heavy atom. The van der Waals surface area contributed by atoms with Crippen molar-refractivity contribution >= 4 is 11.3 Å². The van der Waals surface area contributed by atoms with Crippen LogP contribution in [0, 0.1) is 5.92 Å². The van der Waals surface area contributed by atoms with Crippen molar-refractivity contribution in [3.63, 3.8) is 0 Å². The van der Waals surface area contributed by atoms with Gasteiger partial charge in [-0.2, -0.15) is 0 Å². The molecular formula is C18H21N5O. The normalized spacial score (nSPS) is 21.2. The minimum absolute atomic E-state index is 0.244. The summed E-state index contributed by atoms with van der Waals surface area (Å²) < 4.78 is 2.10. The van der Waals surface area contributed by atoms with Crippen LogP contribution < -0.4 is 5.73 Å². The third kappa shape index (κ3) is 2.97. The lowest BCUT2D eigenvalue weighted by Gasteiger charge is -2.26. The number of nitrogens with zero attached hydrogens (tertiary/aromatic N) is 4. The molecule has 4 rings (SSSR count). The Bertz CT molecular complexity index is 834. The molecule has 0 spiro atoms. The van der Waals surface area contributed by atoms with Crippen LogP contribution in [0.3, 0.4) is 0 Å². The summed E-state index contributed by atoms with van der Waals surface area (Å²) in [5.41, 5.74) is 9.20. The third-order valence-corrected chi connectivity index (χ3v) is 4.84. The second-order valence-electron chi connectivity index (χ2n) is 6.63. The smallest absolute Gasteiger partial charge is 0.197 e. The zero-order valence-corrected chi connectivity index (χ0v) is 13.5. The molecule has 2 heterocycles. The quantitative estimate of drug-likeness (QED) is 0.773. The van der Waals surface area contributed by atoms with Gasteiger partial charge in [-0.3, -0.25) is 0 Å². The Morgan fingerprint density at radius 3 is 2.58 bits per heavy atom. The van der Waals surface area contributed by atoms with Crippen LogP contribution in [-0.2, 0) is 6.54 Å². The highest BCUT2D eigenvalue weighted by atomic mass is 16.3. The van der Waals surface area contributed by atoms with Crippen molar-refractivity contribution in [1.29, 1.82) is 0 Å². The van der Waals surface area contributed by atoms with E-state index < -0.39 is 0 Å². The molecule has 0 radical (unpaired) electrons. The summed E-state index contributed by atoms with van der Waals surface area (Å²) in [6, 6.07) is 7.36. The fraction of sp³-hybridized carbons (Fsp3) is 0.389. The van der Waals surface area contributed by atoms with E-state index in [1.54, 1.807) is 18.3 Å². The molecule has 0 atom stereocenters. The minimum Gasteiger partial charge on any atom is -0.508 e. The lowest BCUT2D eigenvalue weighted by atomic mass is 9.86. The number of nitrogens with two attached hydrogens (primary N) is 1. The standard InChI is InChI=1S/C18H21N5O/c19-14-5-1-12(2-6-14)10-23-11-21-17-18(23)22-16(9-20-17)13-3-7-15(24)8-4-13/h3-4,7-9,11-12,14,24H,1-2,5-6,10,19H2. The molecule has 1 fully saturated rings. The molecule has 2 aromatic heterocycles. The number of benzene rings is 1. The number of rotatable bonds is 3. The van der Waals surface area contributed by atoms with E-state index in [0.717, 1.165) is 49.1 Å². The molecule has 124 valence electrons. The van der Waals surface area contributed by atoms with E-state index in [1.807, 2.05) is 18.5 Å². The van der Waals surface area contributed by atoms with Crippen molar-refractivity contribution < 1.29 is 5.11 Å². The first-order chi connectivity index (χ1) is 11.7. The Hall–Kier alpha value is -2.47. The topological polar surface area (TPSA) is 89.9 Å². The molecule has 6 nitrogen and oxygen atoms in total. The molecule has 0 aliphatic heterocycles. The van der Waals surface area contributed by atoms with Gasteiger partial charge in [0.15, 0.2) is 11.3 Å². The van der Waals surface area contributed by atoms with E-state index in [9.17, 15) is 5.11 Å². The van der Waals surface area contributed by atoms with Gasteiger partial charge in [-0.05, 0) is 55.9 Å². The third-order valence-electron chi connectivity index (χ3n) is 4.84. The molecule has 3 N–H and O–H groups in total. The minimum atomic E-state index is 0.244. The Labute approximate surface area is 140 Å². The van der Waals surface area contributed by atoms with Crippen molar-refractivity contribution in [2.45, 2.75) is 38.3 Å². The van der Waals surface area contributed by atoms with Gasteiger partial charge in [0.2, 0.25) is 0 Å². The van der Waals surface area contributed by atoms with Gasteiger partial charge in [0, 0.05) is 18.2 Å². The van der Waals surface area contributed by atoms with Crippen LogP contribution in [0.1, 0.15) is 25.7 Å². The number of aromatic hydroxyl groups is 1. The Morgan fingerprint density at radius 1 is 1.08 bits per heavy atom. The average Bonchev–Trinajstić information content (AvgIpc) is 3.00. The number of phenols is 1. The van der Waals surface area contributed by atoms with Crippen LogP contribution in [0.25, 0.3) is 22.6 Å². The monoisotopic (exact) mass is 323 g/mol. The predicted molar refractivity (Wildman–Crippen MR) is 92.4 cm³/mol. The summed E-state index contributed by atoms with van der Waals surface area (Å²) >= 11 is 0. The fourth-order valence-corrected chi connectivity index (χ4v) is 3.39. The van der Waals surface area contributed by atoms with Crippen LogP contribution in [0.5, 0.6) is 5.75 Å². The van der Waals surface area contributed by atoms with E-state index in [2.05, 4.69) is 14.5 Å². The van der Waals surface area contributed by atoms with Gasteiger partial charge in [0.1, 0.15) is 5.75 Å². The lowest BCUT2D eigenvalue weighted by molar-refractivity contribution is 0.296. The van der Waals surface area contributed by atoms with Crippen molar-refractivity contribution in [3.05, 3.63) is 36.8 Å². The first-order valence-corrected chi connectivity index (χ1v) is 8.42. The van der Waals surface area contributed by atoms with Gasteiger partial charge in [-0.1, -0.05) is 0 Å². The van der Waals surface area contributed by atoms with Crippen molar-refractivity contribution in [3.8, 4) is 17.0 Å². The van der Waals surface area contributed by atoms with Crippen LogP contribution in [0.4, 0.5) is 0 Å². The molecule has 1 aliphatic rings. The van der Waals surface area contributed by atoms with Crippen LogP contribution in [-0.4, -0.2) is 30.7 Å². The number of hydrogen-bond acceptors (Lipinski definition) is 5. The Kier molecular flexibility index (Phi) is 3.90. The second kappa shape index (κ2) is 6.20. The van der Waals surface area contributed by atoms with Crippen molar-refractivity contribution in [2.75, 3.05) is 0 Å². The highest BCUT2D eigenvalue weighted by molar-refractivity contribution is 5.71. The van der Waals surface area contributed by atoms with E-state index >= 15 is 0 Å². The van der Waals surface area contributed by atoms with Crippen LogP contribution in [0.15, 0.2) is 36.8 Å². The molecule has 1 aromatic carbocycles. The fourth-order valence-electron chi connectivity index (χ4n) is 3.39. The van der Waals surface area contributed by atoms with Gasteiger partial charge in [0.25, 0.3) is 0 Å². The first-order valence-electron chi connectivity index (χ1n) is 8.42. The van der Waals surface area contributed by atoms with E-state index in [-0.39, 0.29) is 5.75 Å². The molecule has 0 bridgehead atoms. The highest BCUT2D eigenvalue weighted by Gasteiger charge is 2.20. The number of phenolic OH excluding ortho intramolecular Hbond substituents is 1. The molecule has 0 amide bonds. The highest BCUT2D eigenvalue weighted by Crippen LogP contribution is 2.26. The summed E-state index contributed by atoms with van der Waals surface area (Å²) in [7, 11) is 0. The van der Waals surface area contributed by atoms with Crippen molar-refractivity contribution in [2.24, 2.45) is 11.7 Å². The zero-order valence-electron chi connectivity index (χ0n) is 13.5. The van der Waals surface area contributed by atoms with E-state index in [1.165, 1.54) is 0 Å². The number of fused-ring (bicyclic) bond motifs is 1. The molecule has 24 heavy (non-hydrogen) atoms. The number of aromatic nitrogens is 4. The van der Waals surface area contributed by atoms with E-state index in [4.69, 9.17) is 10.7 Å². The average molecular weight is 323 g/mol. The van der Waals surface area contributed by atoms with Gasteiger partial charge < -0.3 is 15.4 Å². The summed E-state index contributed by atoms with van der Waals surface area (Å²) in [6.07, 6.45) is 8.08. The number of hydrogen-bond donors (Lipinski definition) is 2. The number of imidazole rings is 1. The maximum absolute atomic E-state index is 9.43. The summed E-state index contributed by atoms with van der Waals surface area (Å²) in [5, 5.41) is 9.43. The maximum atomic E-state index is 9.43. The molecule has 0 unspecified atom stereocenters. The van der Waals surface area contributed by atoms with Crippen LogP contribution in [0.2, 0.25) is 0 Å². The first kappa shape index (κ1) is 15.1. The maximum Gasteiger partial charge on any atom is 0.197 e. The van der Waals surface area contributed by atoms with E-state index in [0.29, 0.717) is 17.6 Å². The largest absolute Gasteiger partial charge is 0.508 e. The van der Waals surface area contributed by atoms with Crippen LogP contribution >= 0.6 is 0 Å². The lowest BCUT2D eigenvalue weighted by Crippen LogP contribution is -2.28.